The smallest absolute Gasteiger partial charge is 0.0725 e. The summed E-state index contributed by atoms with van der Waals surface area (Å²) < 4.78 is 10.2. The fourth-order valence-electron chi connectivity index (χ4n) is 10.5. The van der Waals surface area contributed by atoms with Crippen LogP contribution in [-0.4, -0.2) is 18.3 Å². The first-order chi connectivity index (χ1) is 29.3. The van der Waals surface area contributed by atoms with Crippen LogP contribution in [0.3, 0.4) is 0 Å². The molecule has 0 saturated heterocycles. The average molecular weight is 755 g/mol. The van der Waals surface area contributed by atoms with E-state index >= 15 is 0 Å². The van der Waals surface area contributed by atoms with Crippen molar-refractivity contribution in [2.45, 2.75) is 19.3 Å². The highest BCUT2D eigenvalue weighted by Gasteiger charge is 2.29. The van der Waals surface area contributed by atoms with Gasteiger partial charge in [-0.25, -0.2) is 0 Å². The average Bonchev–Trinajstić information content (AvgIpc) is 3.95. The first-order valence-corrected chi connectivity index (χ1v) is 20.7. The second-order valence-electron chi connectivity index (χ2n) is 15.9. The van der Waals surface area contributed by atoms with Crippen LogP contribution in [0.5, 0.6) is 0 Å². The second kappa shape index (κ2) is 12.5. The molecule has 0 aliphatic heterocycles. The number of hydrogen-bond donors (Lipinski definition) is 0. The van der Waals surface area contributed by atoms with Crippen molar-refractivity contribution in [2.24, 2.45) is 0 Å². The van der Waals surface area contributed by atoms with Gasteiger partial charge in [-0.2, -0.15) is 0 Å². The minimum Gasteiger partial charge on any atom is -0.314 e. The molecule has 0 amide bonds. The zero-order chi connectivity index (χ0) is 38.6. The third-order valence-electron chi connectivity index (χ3n) is 12.9. The summed E-state index contributed by atoms with van der Waals surface area (Å²) in [5, 5.41) is 7.49. The Morgan fingerprint density at radius 1 is 0.322 bits per heavy atom. The number of allylic oxidation sites excluding steroid dienone is 4. The van der Waals surface area contributed by atoms with E-state index in [9.17, 15) is 0 Å². The van der Waals surface area contributed by atoms with Crippen molar-refractivity contribution in [3.8, 4) is 22.7 Å². The van der Waals surface area contributed by atoms with Crippen molar-refractivity contribution in [2.75, 3.05) is 0 Å². The number of fused-ring (bicyclic) bond motifs is 12. The molecule has 2 aliphatic carbocycles. The van der Waals surface area contributed by atoms with E-state index in [-0.39, 0.29) is 0 Å². The van der Waals surface area contributed by atoms with E-state index in [2.05, 4.69) is 212 Å². The minimum absolute atomic E-state index is 0.842. The van der Waals surface area contributed by atoms with Gasteiger partial charge in [-0.1, -0.05) is 146 Å². The first kappa shape index (κ1) is 32.5. The van der Waals surface area contributed by atoms with Crippen molar-refractivity contribution in [3.63, 3.8) is 0 Å². The molecule has 59 heavy (non-hydrogen) atoms. The van der Waals surface area contributed by atoms with Gasteiger partial charge in [0, 0.05) is 61.3 Å². The quantitative estimate of drug-likeness (QED) is 0.170. The van der Waals surface area contributed by atoms with Crippen LogP contribution in [0.1, 0.15) is 28.9 Å². The van der Waals surface area contributed by atoms with E-state index < -0.39 is 0 Å². The van der Waals surface area contributed by atoms with Gasteiger partial charge in [-0.3, -0.25) is 0 Å². The van der Waals surface area contributed by atoms with Gasteiger partial charge in [0.25, 0.3) is 0 Å². The maximum absolute atomic E-state index is 2.64. The molecular weight excluding hydrogens is 717 g/mol. The lowest BCUT2D eigenvalue weighted by atomic mass is 10.0. The minimum atomic E-state index is 0.842. The van der Waals surface area contributed by atoms with Crippen LogP contribution in [0.2, 0.25) is 0 Å². The molecule has 0 N–H and O–H groups in total. The zero-order valence-corrected chi connectivity index (χ0v) is 32.4. The van der Waals surface area contributed by atoms with Crippen molar-refractivity contribution in [3.05, 3.63) is 205 Å². The van der Waals surface area contributed by atoms with Crippen LogP contribution < -0.4 is 0 Å². The third-order valence-corrected chi connectivity index (χ3v) is 12.9. The standard InChI is InChI=1S/C55H38N4/c1-2-18-36-37-19-4-11-27-45(37)56(44(36)26-3-1)52-34-54(58-48-30-14-7-22-40(48)41-23-8-15-31-49(41)58)55(59-50-32-16-9-24-42(50)43-25-10-17-33-51(43)59)35-53(52)57-46-28-12-5-20-38(46)39-21-6-13-29-47(39)57/h1-10,12-25,28-35H,11,26-27H2. The van der Waals surface area contributed by atoms with Crippen molar-refractivity contribution >= 4 is 77.6 Å². The van der Waals surface area contributed by atoms with Gasteiger partial charge in [0.15, 0.2) is 0 Å². The monoisotopic (exact) mass is 754 g/mol. The predicted octanol–water partition coefficient (Wildman–Crippen LogP) is 13.9. The molecule has 13 rings (SSSR count). The maximum Gasteiger partial charge on any atom is 0.0725 e. The van der Waals surface area contributed by atoms with E-state index in [0.29, 0.717) is 0 Å². The lowest BCUT2D eigenvalue weighted by Crippen LogP contribution is -2.13. The fourth-order valence-corrected chi connectivity index (χ4v) is 10.5. The summed E-state index contributed by atoms with van der Waals surface area (Å²) in [6.07, 6.45) is 16.6. The van der Waals surface area contributed by atoms with Crippen LogP contribution >= 0.6 is 0 Å². The van der Waals surface area contributed by atoms with Gasteiger partial charge in [-0.15, -0.1) is 0 Å². The van der Waals surface area contributed by atoms with E-state index in [4.69, 9.17) is 0 Å². The Balaban J connectivity index is 1.28. The molecule has 11 aromatic rings. The normalized spacial score (nSPS) is 13.7. The zero-order valence-electron chi connectivity index (χ0n) is 32.4. The van der Waals surface area contributed by atoms with Crippen LogP contribution in [0, 0.1) is 0 Å². The van der Waals surface area contributed by atoms with Crippen LogP contribution in [0.4, 0.5) is 0 Å². The number of benzene rings is 7. The highest BCUT2D eigenvalue weighted by molar-refractivity contribution is 6.13. The van der Waals surface area contributed by atoms with Crippen molar-refractivity contribution < 1.29 is 0 Å². The maximum atomic E-state index is 2.64. The molecule has 7 aromatic carbocycles. The van der Waals surface area contributed by atoms with Crippen molar-refractivity contribution in [1.29, 1.82) is 0 Å². The summed E-state index contributed by atoms with van der Waals surface area (Å²) in [5.74, 6) is 0. The lowest BCUT2D eigenvalue weighted by Gasteiger charge is -2.25. The van der Waals surface area contributed by atoms with Crippen LogP contribution in [0.15, 0.2) is 182 Å². The number of rotatable bonds is 4. The molecule has 0 atom stereocenters. The number of hydrogen-bond acceptors (Lipinski definition) is 0. The van der Waals surface area contributed by atoms with Gasteiger partial charge >= 0.3 is 0 Å². The van der Waals surface area contributed by atoms with E-state index in [1.165, 1.54) is 93.6 Å². The summed E-state index contributed by atoms with van der Waals surface area (Å²) in [6, 6.07) is 58.5. The Kier molecular flexibility index (Phi) is 6.87. The SMILES string of the molecule is C1=CCc2c(c3c(n2-c2cc(-n4c5ccccc5c5ccccc54)c(-n4c5ccccc5c5ccccc54)cc2-n2c4ccccc4c4ccccc42)CCC=C3)C=C1. The summed E-state index contributed by atoms with van der Waals surface area (Å²) >= 11 is 0. The Morgan fingerprint density at radius 2 is 0.678 bits per heavy atom. The Labute approximate surface area is 341 Å². The number of nitrogens with zero attached hydrogens (tertiary/aromatic N) is 4. The van der Waals surface area contributed by atoms with Crippen LogP contribution in [-0.2, 0) is 12.8 Å². The molecule has 0 radical (unpaired) electrons. The van der Waals surface area contributed by atoms with Gasteiger partial charge in [0.1, 0.15) is 0 Å². The highest BCUT2D eigenvalue weighted by Crippen LogP contribution is 2.44. The molecule has 4 nitrogen and oxygen atoms in total. The number of para-hydroxylation sites is 6. The molecular formula is C55H38N4. The molecule has 4 aromatic heterocycles. The summed E-state index contributed by atoms with van der Waals surface area (Å²) in [4.78, 5) is 0. The summed E-state index contributed by atoms with van der Waals surface area (Å²) in [7, 11) is 0. The molecule has 0 unspecified atom stereocenters. The lowest BCUT2D eigenvalue weighted by molar-refractivity contribution is 0.838. The molecule has 0 fully saturated rings. The van der Waals surface area contributed by atoms with Crippen molar-refractivity contribution in [1.82, 2.24) is 18.3 Å². The van der Waals surface area contributed by atoms with Gasteiger partial charge in [0.05, 0.1) is 55.8 Å². The second-order valence-corrected chi connectivity index (χ2v) is 15.9. The molecule has 0 saturated carbocycles. The molecule has 4 heteroatoms. The van der Waals surface area contributed by atoms with Gasteiger partial charge in [-0.05, 0) is 61.4 Å². The highest BCUT2D eigenvalue weighted by atomic mass is 15.1. The Morgan fingerprint density at radius 3 is 1.08 bits per heavy atom. The molecule has 0 bridgehead atoms. The van der Waals surface area contributed by atoms with Crippen LogP contribution in [0.25, 0.3) is 100 Å². The molecule has 2 aliphatic rings. The Bertz CT molecular complexity index is 3490. The topological polar surface area (TPSA) is 19.7 Å². The third kappa shape index (κ3) is 4.54. The van der Waals surface area contributed by atoms with E-state index in [1.54, 1.807) is 0 Å². The van der Waals surface area contributed by atoms with E-state index in [1.807, 2.05) is 0 Å². The molecule has 4 heterocycles. The molecule has 0 spiro atoms. The fraction of sp³-hybridized carbons (Fsp3) is 0.0545. The van der Waals surface area contributed by atoms with Gasteiger partial charge in [0.2, 0.25) is 0 Å². The largest absolute Gasteiger partial charge is 0.314 e. The predicted molar refractivity (Wildman–Crippen MR) is 248 cm³/mol. The van der Waals surface area contributed by atoms with E-state index in [0.717, 1.165) is 36.3 Å². The number of aromatic nitrogens is 4. The summed E-state index contributed by atoms with van der Waals surface area (Å²) in [5.41, 5.74) is 17.1. The van der Waals surface area contributed by atoms with Gasteiger partial charge < -0.3 is 18.3 Å². The first-order valence-electron chi connectivity index (χ1n) is 20.7. The molecule has 278 valence electrons. The summed E-state index contributed by atoms with van der Waals surface area (Å²) in [6.45, 7) is 0. The Hall–Kier alpha value is -7.56.